The molecule has 1 aliphatic rings. The topological polar surface area (TPSA) is 66.9 Å². The molecule has 1 aromatic carbocycles. The van der Waals surface area contributed by atoms with E-state index in [-0.39, 0.29) is 19.0 Å². The summed E-state index contributed by atoms with van der Waals surface area (Å²) in [5.74, 6) is 0.547. The molecule has 0 atom stereocenters. The number of halogens is 1. The van der Waals surface area contributed by atoms with Gasteiger partial charge in [0.15, 0.2) is 0 Å². The number of piperazine rings is 1. The van der Waals surface area contributed by atoms with E-state index >= 15 is 0 Å². The van der Waals surface area contributed by atoms with Gasteiger partial charge in [-0.3, -0.25) is 4.79 Å². The fourth-order valence-corrected chi connectivity index (χ4v) is 6.35. The molecule has 3 rings (SSSR count). The third-order valence-electron chi connectivity index (χ3n) is 4.06. The highest BCUT2D eigenvalue weighted by atomic mass is 79.9. The van der Waals surface area contributed by atoms with E-state index in [1.54, 1.807) is 35.2 Å². The van der Waals surface area contributed by atoms with E-state index < -0.39 is 10.0 Å². The summed E-state index contributed by atoms with van der Waals surface area (Å²) < 4.78 is 33.3. The van der Waals surface area contributed by atoms with Gasteiger partial charge in [0.25, 0.3) is 15.9 Å². The number of amides is 1. The Morgan fingerprint density at radius 3 is 2.54 bits per heavy atom. The minimum atomic E-state index is -3.51. The minimum Gasteiger partial charge on any atom is -0.494 e. The van der Waals surface area contributed by atoms with Gasteiger partial charge in [-0.1, -0.05) is 6.07 Å². The van der Waals surface area contributed by atoms with Gasteiger partial charge < -0.3 is 9.64 Å². The molecule has 0 N–H and O–H groups in total. The first-order valence-corrected chi connectivity index (χ1v) is 11.2. The average molecular weight is 459 g/mol. The third-order valence-corrected chi connectivity index (χ3v) is 8.05. The Labute approximate surface area is 165 Å². The van der Waals surface area contributed by atoms with Crippen molar-refractivity contribution in [3.63, 3.8) is 0 Å². The van der Waals surface area contributed by atoms with Gasteiger partial charge in [-0.05, 0) is 53.2 Å². The van der Waals surface area contributed by atoms with Crippen LogP contribution < -0.4 is 4.74 Å². The van der Waals surface area contributed by atoms with Gasteiger partial charge in [0.2, 0.25) is 0 Å². The van der Waals surface area contributed by atoms with Crippen LogP contribution in [0, 0.1) is 0 Å². The zero-order valence-electron chi connectivity index (χ0n) is 14.2. The largest absolute Gasteiger partial charge is 0.494 e. The number of nitrogens with zero attached hydrogens (tertiary/aromatic N) is 2. The summed E-state index contributed by atoms with van der Waals surface area (Å²) in [4.78, 5) is 14.4. The van der Waals surface area contributed by atoms with Crippen LogP contribution in [0.25, 0.3) is 0 Å². The Balaban J connectivity index is 1.66. The molecule has 1 fully saturated rings. The molecule has 0 saturated carbocycles. The van der Waals surface area contributed by atoms with Crippen molar-refractivity contribution in [3.05, 3.63) is 45.7 Å². The smallest absolute Gasteiger partial charge is 0.254 e. The summed E-state index contributed by atoms with van der Waals surface area (Å²) in [5.41, 5.74) is 0.550. The SMILES string of the molecule is CCOc1cccc(C(=O)N2CCN(S(=O)(=O)c3ccc(Br)s3)CC2)c1. The number of carbonyl (C=O) groups excluding carboxylic acids is 1. The Hall–Kier alpha value is -1.42. The first-order valence-electron chi connectivity index (χ1n) is 8.19. The van der Waals surface area contributed by atoms with Crippen molar-refractivity contribution in [2.45, 2.75) is 11.1 Å². The fourth-order valence-electron chi connectivity index (χ4n) is 2.76. The van der Waals surface area contributed by atoms with Gasteiger partial charge >= 0.3 is 0 Å². The zero-order valence-corrected chi connectivity index (χ0v) is 17.4. The number of ether oxygens (including phenoxy) is 1. The second-order valence-electron chi connectivity index (χ2n) is 5.72. The number of benzene rings is 1. The molecule has 140 valence electrons. The summed E-state index contributed by atoms with van der Waals surface area (Å²) in [6.45, 7) is 3.73. The van der Waals surface area contributed by atoms with Crippen LogP contribution in [0.2, 0.25) is 0 Å². The van der Waals surface area contributed by atoms with Crippen molar-refractivity contribution in [1.29, 1.82) is 0 Å². The quantitative estimate of drug-likeness (QED) is 0.690. The normalized spacial score (nSPS) is 15.8. The average Bonchev–Trinajstić information content (AvgIpc) is 3.09. The summed E-state index contributed by atoms with van der Waals surface area (Å²) in [6.07, 6.45) is 0. The van der Waals surface area contributed by atoms with Crippen molar-refractivity contribution >= 4 is 43.2 Å². The standard InChI is InChI=1S/C17H19BrN2O4S2/c1-2-24-14-5-3-4-13(12-14)17(21)19-8-10-20(11-9-19)26(22,23)16-7-6-15(18)25-16/h3-7,12H,2,8-11H2,1H3. The number of hydrogen-bond donors (Lipinski definition) is 0. The first kappa shape index (κ1) is 19.3. The van der Waals surface area contributed by atoms with Crippen molar-refractivity contribution in [2.24, 2.45) is 0 Å². The molecule has 1 saturated heterocycles. The Bertz CT molecular complexity index is 890. The van der Waals surface area contributed by atoms with Gasteiger partial charge in [0, 0.05) is 31.7 Å². The Kier molecular flexibility index (Phi) is 6.01. The molecule has 0 spiro atoms. The molecule has 1 aromatic heterocycles. The molecule has 6 nitrogen and oxygen atoms in total. The monoisotopic (exact) mass is 458 g/mol. The Morgan fingerprint density at radius 2 is 1.92 bits per heavy atom. The molecule has 2 aromatic rings. The summed E-state index contributed by atoms with van der Waals surface area (Å²) in [6, 6.07) is 10.4. The fraction of sp³-hybridized carbons (Fsp3) is 0.353. The van der Waals surface area contributed by atoms with Gasteiger partial charge in [-0.2, -0.15) is 4.31 Å². The van der Waals surface area contributed by atoms with Crippen molar-refractivity contribution in [1.82, 2.24) is 9.21 Å². The summed E-state index contributed by atoms with van der Waals surface area (Å²) >= 11 is 4.48. The van der Waals surface area contributed by atoms with Crippen LogP contribution in [0.5, 0.6) is 5.75 Å². The van der Waals surface area contributed by atoms with E-state index in [1.165, 1.54) is 15.6 Å². The minimum absolute atomic E-state index is 0.109. The molecule has 1 aliphatic heterocycles. The van der Waals surface area contributed by atoms with E-state index in [1.807, 2.05) is 13.0 Å². The first-order chi connectivity index (χ1) is 12.4. The maximum absolute atomic E-state index is 12.7. The highest BCUT2D eigenvalue weighted by molar-refractivity contribution is 9.11. The van der Waals surface area contributed by atoms with Gasteiger partial charge in [0.1, 0.15) is 9.96 Å². The predicted molar refractivity (Wildman–Crippen MR) is 104 cm³/mol. The van der Waals surface area contributed by atoms with Gasteiger partial charge in [0.05, 0.1) is 10.4 Å². The lowest BCUT2D eigenvalue weighted by Gasteiger charge is -2.33. The van der Waals surface area contributed by atoms with Crippen LogP contribution in [0.1, 0.15) is 17.3 Å². The summed E-state index contributed by atoms with van der Waals surface area (Å²) in [7, 11) is -3.51. The molecule has 26 heavy (non-hydrogen) atoms. The van der Waals surface area contributed by atoms with Crippen LogP contribution in [-0.4, -0.2) is 56.3 Å². The number of rotatable bonds is 5. The van der Waals surface area contributed by atoms with Crippen LogP contribution in [0.3, 0.4) is 0 Å². The molecule has 2 heterocycles. The van der Waals surface area contributed by atoms with Crippen LogP contribution in [0.4, 0.5) is 0 Å². The van der Waals surface area contributed by atoms with Crippen molar-refractivity contribution in [2.75, 3.05) is 32.8 Å². The number of sulfonamides is 1. The van der Waals surface area contributed by atoms with E-state index in [0.717, 1.165) is 3.79 Å². The molecule has 0 aliphatic carbocycles. The second-order valence-corrected chi connectivity index (χ2v) is 10.3. The van der Waals surface area contributed by atoms with Gasteiger partial charge in [-0.25, -0.2) is 8.42 Å². The number of hydrogen-bond acceptors (Lipinski definition) is 5. The molecule has 9 heteroatoms. The van der Waals surface area contributed by atoms with E-state index in [2.05, 4.69) is 15.9 Å². The zero-order chi connectivity index (χ0) is 18.7. The lowest BCUT2D eigenvalue weighted by molar-refractivity contribution is 0.0697. The predicted octanol–water partition coefficient (Wildman–Crippen LogP) is 3.06. The molecular formula is C17H19BrN2O4S2. The van der Waals surface area contributed by atoms with Gasteiger partial charge in [-0.15, -0.1) is 11.3 Å². The highest BCUT2D eigenvalue weighted by Crippen LogP contribution is 2.29. The lowest BCUT2D eigenvalue weighted by Crippen LogP contribution is -2.50. The Morgan fingerprint density at radius 1 is 1.19 bits per heavy atom. The lowest BCUT2D eigenvalue weighted by atomic mass is 10.1. The highest BCUT2D eigenvalue weighted by Gasteiger charge is 2.31. The third kappa shape index (κ3) is 4.11. The van der Waals surface area contributed by atoms with Crippen LogP contribution >= 0.6 is 27.3 Å². The second kappa shape index (κ2) is 8.08. The van der Waals surface area contributed by atoms with Crippen LogP contribution in [0.15, 0.2) is 44.4 Å². The molecular weight excluding hydrogens is 440 g/mol. The molecule has 1 amide bonds. The number of thiophene rings is 1. The molecule has 0 radical (unpaired) electrons. The maximum Gasteiger partial charge on any atom is 0.254 e. The molecule has 0 unspecified atom stereocenters. The van der Waals surface area contributed by atoms with Crippen molar-refractivity contribution < 1.29 is 17.9 Å². The van der Waals surface area contributed by atoms with E-state index in [9.17, 15) is 13.2 Å². The number of carbonyl (C=O) groups is 1. The van der Waals surface area contributed by atoms with Crippen molar-refractivity contribution in [3.8, 4) is 5.75 Å². The van der Waals surface area contributed by atoms with E-state index in [4.69, 9.17) is 4.74 Å². The van der Waals surface area contributed by atoms with E-state index in [0.29, 0.717) is 35.2 Å². The summed E-state index contributed by atoms with van der Waals surface area (Å²) in [5, 5.41) is 0. The van der Waals surface area contributed by atoms with Crippen LogP contribution in [-0.2, 0) is 10.0 Å². The maximum atomic E-state index is 12.7. The molecule has 0 bridgehead atoms.